The van der Waals surface area contributed by atoms with Gasteiger partial charge < -0.3 is 14.4 Å². The van der Waals surface area contributed by atoms with Gasteiger partial charge in [-0.05, 0) is 29.8 Å². The zero-order valence-electron chi connectivity index (χ0n) is 21.3. The average molecular weight is 494 g/mol. The summed E-state index contributed by atoms with van der Waals surface area (Å²) < 4.78 is 11.0. The van der Waals surface area contributed by atoms with Gasteiger partial charge in [0.05, 0.1) is 31.0 Å². The number of pyridine rings is 1. The number of carbonyl (C=O) groups excluding carboxylic acids is 1. The zero-order chi connectivity index (χ0) is 25.6. The van der Waals surface area contributed by atoms with E-state index < -0.39 is 0 Å². The van der Waals surface area contributed by atoms with Gasteiger partial charge in [-0.3, -0.25) is 9.69 Å². The van der Waals surface area contributed by atoms with Crippen LogP contribution in [0.2, 0.25) is 0 Å². The Balaban J connectivity index is 1.36. The van der Waals surface area contributed by atoms with Crippen molar-refractivity contribution in [2.24, 2.45) is 0 Å². The van der Waals surface area contributed by atoms with Crippen molar-refractivity contribution < 1.29 is 14.3 Å². The summed E-state index contributed by atoms with van der Waals surface area (Å²) in [5.41, 5.74) is 4.16. The number of ether oxygens (including phenoxy) is 2. The van der Waals surface area contributed by atoms with Crippen LogP contribution in [0.1, 0.15) is 15.9 Å². The van der Waals surface area contributed by atoms with Crippen LogP contribution in [0, 0.1) is 0 Å². The van der Waals surface area contributed by atoms with Crippen molar-refractivity contribution in [1.82, 2.24) is 14.8 Å². The molecule has 1 aliphatic rings. The third-order valence-corrected chi connectivity index (χ3v) is 6.76. The first kappa shape index (κ1) is 24.5. The lowest BCUT2D eigenvalue weighted by Crippen LogP contribution is -2.48. The Hall–Kier alpha value is -4.16. The summed E-state index contributed by atoms with van der Waals surface area (Å²) in [4.78, 5) is 23.0. The molecule has 1 fully saturated rings. The van der Waals surface area contributed by atoms with Crippen molar-refractivity contribution in [3.8, 4) is 22.8 Å². The number of piperazine rings is 1. The molecule has 0 unspecified atom stereocenters. The lowest BCUT2D eigenvalue weighted by Gasteiger charge is -2.34. The maximum absolute atomic E-state index is 13.8. The first-order valence-corrected chi connectivity index (χ1v) is 12.5. The Kier molecular flexibility index (Phi) is 7.47. The van der Waals surface area contributed by atoms with Gasteiger partial charge in [0.1, 0.15) is 11.5 Å². The van der Waals surface area contributed by atoms with Crippen molar-refractivity contribution in [2.75, 3.05) is 46.9 Å². The van der Waals surface area contributed by atoms with Gasteiger partial charge in [0.2, 0.25) is 0 Å². The third-order valence-electron chi connectivity index (χ3n) is 6.76. The second-order valence-electron chi connectivity index (χ2n) is 9.04. The van der Waals surface area contributed by atoms with E-state index in [0.717, 1.165) is 36.1 Å². The van der Waals surface area contributed by atoms with Crippen molar-refractivity contribution in [3.05, 3.63) is 96.1 Å². The molecule has 6 nitrogen and oxygen atoms in total. The Bertz CT molecular complexity index is 1410. The molecular formula is C31H31N3O3. The van der Waals surface area contributed by atoms with Crippen LogP contribution in [-0.2, 0) is 0 Å². The summed E-state index contributed by atoms with van der Waals surface area (Å²) in [5, 5.41) is 0.858. The molecule has 5 rings (SSSR count). The van der Waals surface area contributed by atoms with E-state index >= 15 is 0 Å². The number of aromatic nitrogens is 1. The summed E-state index contributed by atoms with van der Waals surface area (Å²) in [6.45, 7) is 3.93. The molecule has 3 aromatic carbocycles. The van der Waals surface area contributed by atoms with E-state index in [-0.39, 0.29) is 5.91 Å². The summed E-state index contributed by atoms with van der Waals surface area (Å²) in [6.07, 6.45) is 4.34. The van der Waals surface area contributed by atoms with Crippen LogP contribution in [0.4, 0.5) is 0 Å². The molecule has 2 heterocycles. The van der Waals surface area contributed by atoms with E-state index in [9.17, 15) is 4.79 Å². The van der Waals surface area contributed by atoms with Gasteiger partial charge in [0.15, 0.2) is 0 Å². The number of amides is 1. The van der Waals surface area contributed by atoms with Crippen LogP contribution < -0.4 is 9.47 Å². The second kappa shape index (κ2) is 11.3. The third kappa shape index (κ3) is 5.49. The van der Waals surface area contributed by atoms with Gasteiger partial charge in [-0.1, -0.05) is 60.7 Å². The zero-order valence-corrected chi connectivity index (χ0v) is 21.3. The van der Waals surface area contributed by atoms with Crippen molar-refractivity contribution >= 4 is 22.9 Å². The van der Waals surface area contributed by atoms with E-state index in [1.54, 1.807) is 14.2 Å². The van der Waals surface area contributed by atoms with Crippen LogP contribution in [0.5, 0.6) is 11.5 Å². The maximum Gasteiger partial charge on any atom is 0.254 e. The predicted molar refractivity (Wildman–Crippen MR) is 148 cm³/mol. The molecule has 1 amide bonds. The minimum absolute atomic E-state index is 0.0341. The number of hydrogen-bond donors (Lipinski definition) is 0. The van der Waals surface area contributed by atoms with Gasteiger partial charge in [-0.2, -0.15) is 0 Å². The molecule has 1 aromatic heterocycles. The van der Waals surface area contributed by atoms with Crippen molar-refractivity contribution in [1.29, 1.82) is 0 Å². The molecule has 1 saturated heterocycles. The molecule has 37 heavy (non-hydrogen) atoms. The number of nitrogens with zero attached hydrogens (tertiary/aromatic N) is 3. The molecule has 0 atom stereocenters. The van der Waals surface area contributed by atoms with E-state index in [4.69, 9.17) is 14.5 Å². The van der Waals surface area contributed by atoms with Gasteiger partial charge in [-0.25, -0.2) is 4.98 Å². The number of rotatable bonds is 7. The summed E-state index contributed by atoms with van der Waals surface area (Å²) in [7, 11) is 3.25. The number of benzene rings is 3. The Morgan fingerprint density at radius 3 is 2.41 bits per heavy atom. The minimum atomic E-state index is 0.0341. The molecule has 1 aliphatic heterocycles. The van der Waals surface area contributed by atoms with Gasteiger partial charge in [0, 0.05) is 49.7 Å². The molecule has 0 radical (unpaired) electrons. The van der Waals surface area contributed by atoms with Gasteiger partial charge >= 0.3 is 0 Å². The largest absolute Gasteiger partial charge is 0.497 e. The quantitative estimate of drug-likeness (QED) is 0.346. The second-order valence-corrected chi connectivity index (χ2v) is 9.04. The number of carbonyl (C=O) groups is 1. The van der Waals surface area contributed by atoms with Gasteiger partial charge in [0.25, 0.3) is 5.91 Å². The fraction of sp³-hybridized carbons (Fsp3) is 0.226. The predicted octanol–water partition coefficient (Wildman–Crippen LogP) is 5.39. The van der Waals surface area contributed by atoms with Crippen LogP contribution in [0.3, 0.4) is 0 Å². The highest BCUT2D eigenvalue weighted by molar-refractivity contribution is 6.07. The smallest absolute Gasteiger partial charge is 0.254 e. The highest BCUT2D eigenvalue weighted by atomic mass is 16.5. The molecule has 0 spiro atoms. The monoisotopic (exact) mass is 493 g/mol. The summed E-state index contributed by atoms with van der Waals surface area (Å²) in [6, 6.07) is 25.6. The van der Waals surface area contributed by atoms with E-state index in [0.29, 0.717) is 35.8 Å². The standard InChI is InChI=1S/C31H31N3O3/c1-36-24-14-15-26(30(21-24)37-2)29-22-27(25-12-6-7-13-28(25)32-29)31(35)34-19-17-33(18-20-34)16-8-11-23-9-4-3-5-10-23/h3-15,21-22H,16-20H2,1-2H3/b11-8+. The minimum Gasteiger partial charge on any atom is -0.497 e. The van der Waals surface area contributed by atoms with Crippen LogP contribution in [-0.4, -0.2) is 67.6 Å². The Labute approximate surface area is 217 Å². The highest BCUT2D eigenvalue weighted by Gasteiger charge is 2.24. The van der Waals surface area contributed by atoms with Crippen molar-refractivity contribution in [2.45, 2.75) is 0 Å². The Morgan fingerprint density at radius 1 is 0.892 bits per heavy atom. The molecule has 0 saturated carbocycles. The van der Waals surface area contributed by atoms with E-state index in [1.165, 1.54) is 5.56 Å². The van der Waals surface area contributed by atoms with Crippen LogP contribution in [0.15, 0.2) is 84.9 Å². The van der Waals surface area contributed by atoms with Gasteiger partial charge in [-0.15, -0.1) is 0 Å². The molecule has 0 bridgehead atoms. The number of para-hydroxylation sites is 1. The van der Waals surface area contributed by atoms with E-state index in [2.05, 4.69) is 29.2 Å². The molecular weight excluding hydrogens is 462 g/mol. The highest BCUT2D eigenvalue weighted by Crippen LogP contribution is 2.34. The number of fused-ring (bicyclic) bond motifs is 1. The summed E-state index contributed by atoms with van der Waals surface area (Å²) >= 11 is 0. The van der Waals surface area contributed by atoms with E-state index in [1.807, 2.05) is 71.6 Å². The molecule has 6 heteroatoms. The normalized spacial score (nSPS) is 14.3. The number of hydrogen-bond acceptors (Lipinski definition) is 5. The topological polar surface area (TPSA) is 54.9 Å². The fourth-order valence-electron chi connectivity index (χ4n) is 4.71. The molecule has 0 aliphatic carbocycles. The molecule has 4 aromatic rings. The molecule has 188 valence electrons. The first-order valence-electron chi connectivity index (χ1n) is 12.5. The number of methoxy groups -OCH3 is 2. The Morgan fingerprint density at radius 2 is 1.65 bits per heavy atom. The maximum atomic E-state index is 13.8. The first-order chi connectivity index (χ1) is 18.2. The fourth-order valence-corrected chi connectivity index (χ4v) is 4.71. The lowest BCUT2D eigenvalue weighted by molar-refractivity contribution is 0.0652. The van der Waals surface area contributed by atoms with Crippen LogP contribution in [0.25, 0.3) is 28.2 Å². The SMILES string of the molecule is COc1ccc(-c2cc(C(=O)N3CCN(C/C=C/c4ccccc4)CC3)c3ccccc3n2)c(OC)c1. The summed E-state index contributed by atoms with van der Waals surface area (Å²) in [5.74, 6) is 1.39. The van der Waals surface area contributed by atoms with Crippen molar-refractivity contribution in [3.63, 3.8) is 0 Å². The average Bonchev–Trinajstić information content (AvgIpc) is 2.96. The van der Waals surface area contributed by atoms with Crippen LogP contribution >= 0.6 is 0 Å². The molecule has 0 N–H and O–H groups in total. The lowest BCUT2D eigenvalue weighted by atomic mass is 10.0.